The van der Waals surface area contributed by atoms with Crippen molar-refractivity contribution in [1.29, 1.82) is 0 Å². The Balaban J connectivity index is 2.02. The van der Waals surface area contributed by atoms with Crippen molar-refractivity contribution in [2.24, 2.45) is 0 Å². The van der Waals surface area contributed by atoms with Crippen LogP contribution in [-0.2, 0) is 6.54 Å². The lowest BCUT2D eigenvalue weighted by Crippen LogP contribution is -2.30. The summed E-state index contributed by atoms with van der Waals surface area (Å²) in [5.74, 6) is 1.18. The molecule has 18 heavy (non-hydrogen) atoms. The molecular weight excluding hydrogens is 230 g/mol. The van der Waals surface area contributed by atoms with E-state index in [2.05, 4.69) is 15.3 Å². The lowest BCUT2D eigenvalue weighted by Gasteiger charge is -2.23. The van der Waals surface area contributed by atoms with Crippen LogP contribution in [0.5, 0.6) is 11.8 Å². The zero-order valence-electron chi connectivity index (χ0n) is 11.1. The van der Waals surface area contributed by atoms with E-state index in [4.69, 9.17) is 9.47 Å². The van der Waals surface area contributed by atoms with E-state index in [9.17, 15) is 0 Å². The van der Waals surface area contributed by atoms with Gasteiger partial charge in [0, 0.05) is 12.6 Å². The summed E-state index contributed by atoms with van der Waals surface area (Å²) in [6.45, 7) is 0.692. The van der Waals surface area contributed by atoms with Crippen LogP contribution in [0.1, 0.15) is 37.7 Å². The molecule has 1 aromatic heterocycles. The predicted octanol–water partition coefficient (Wildman–Crippen LogP) is 1.92. The molecule has 1 N–H and O–H groups in total. The van der Waals surface area contributed by atoms with Crippen LogP contribution in [0, 0.1) is 0 Å². The second-order valence-corrected chi connectivity index (χ2v) is 4.59. The molecule has 0 bridgehead atoms. The lowest BCUT2D eigenvalue weighted by atomic mass is 9.95. The Morgan fingerprint density at radius 3 is 2.28 bits per heavy atom. The SMILES string of the molecule is COc1ncnc(OC)c1CNC1CCCCC1. The van der Waals surface area contributed by atoms with E-state index < -0.39 is 0 Å². The van der Waals surface area contributed by atoms with Gasteiger partial charge in [-0.05, 0) is 12.8 Å². The van der Waals surface area contributed by atoms with Gasteiger partial charge < -0.3 is 14.8 Å². The minimum absolute atomic E-state index is 0.588. The molecule has 5 heteroatoms. The molecular formula is C13H21N3O2. The van der Waals surface area contributed by atoms with Crippen molar-refractivity contribution in [3.8, 4) is 11.8 Å². The molecule has 0 radical (unpaired) electrons. The van der Waals surface area contributed by atoms with Gasteiger partial charge in [0.15, 0.2) is 0 Å². The molecule has 1 aromatic rings. The summed E-state index contributed by atoms with van der Waals surface area (Å²) in [5.41, 5.74) is 0.896. The Kier molecular flexibility index (Phi) is 4.75. The molecule has 0 saturated heterocycles. The molecule has 1 aliphatic rings. The molecule has 100 valence electrons. The normalized spacial score (nSPS) is 16.6. The van der Waals surface area contributed by atoms with Gasteiger partial charge in [-0.25, -0.2) is 9.97 Å². The van der Waals surface area contributed by atoms with Crippen LogP contribution in [0.3, 0.4) is 0 Å². The summed E-state index contributed by atoms with van der Waals surface area (Å²) in [4.78, 5) is 8.23. The van der Waals surface area contributed by atoms with E-state index in [1.807, 2.05) is 0 Å². The first kappa shape index (κ1) is 13.1. The quantitative estimate of drug-likeness (QED) is 0.866. The summed E-state index contributed by atoms with van der Waals surface area (Å²) in [5, 5.41) is 3.55. The minimum Gasteiger partial charge on any atom is -0.481 e. The second kappa shape index (κ2) is 6.54. The fraction of sp³-hybridized carbons (Fsp3) is 0.692. The van der Waals surface area contributed by atoms with Gasteiger partial charge in [-0.15, -0.1) is 0 Å². The Labute approximate surface area is 108 Å². The maximum atomic E-state index is 5.26. The van der Waals surface area contributed by atoms with Crippen LogP contribution in [0.15, 0.2) is 6.33 Å². The highest BCUT2D eigenvalue weighted by molar-refractivity contribution is 5.34. The molecule has 1 saturated carbocycles. The zero-order chi connectivity index (χ0) is 12.8. The third-order valence-electron chi connectivity index (χ3n) is 3.43. The minimum atomic E-state index is 0.588. The molecule has 0 atom stereocenters. The van der Waals surface area contributed by atoms with Gasteiger partial charge in [-0.1, -0.05) is 19.3 Å². The summed E-state index contributed by atoms with van der Waals surface area (Å²) in [6.07, 6.45) is 7.95. The van der Waals surface area contributed by atoms with Gasteiger partial charge in [0.2, 0.25) is 11.8 Å². The van der Waals surface area contributed by atoms with Crippen molar-refractivity contribution in [3.05, 3.63) is 11.9 Å². The summed E-state index contributed by atoms with van der Waals surface area (Å²) in [7, 11) is 3.23. The summed E-state index contributed by atoms with van der Waals surface area (Å²) >= 11 is 0. The van der Waals surface area contributed by atoms with Crippen molar-refractivity contribution in [2.75, 3.05) is 14.2 Å². The number of rotatable bonds is 5. The average Bonchev–Trinajstić information content (AvgIpc) is 2.45. The van der Waals surface area contributed by atoms with Crippen LogP contribution < -0.4 is 14.8 Å². The van der Waals surface area contributed by atoms with Gasteiger partial charge in [-0.3, -0.25) is 0 Å². The number of methoxy groups -OCH3 is 2. The standard InChI is InChI=1S/C13H21N3O2/c1-17-12-11(13(18-2)16-9-15-12)8-14-10-6-4-3-5-7-10/h9-10,14H,3-8H2,1-2H3. The van der Waals surface area contributed by atoms with Gasteiger partial charge in [-0.2, -0.15) is 0 Å². The molecule has 0 aliphatic heterocycles. The molecule has 2 rings (SSSR count). The van der Waals surface area contributed by atoms with E-state index in [1.165, 1.54) is 38.4 Å². The van der Waals surface area contributed by atoms with E-state index in [1.54, 1.807) is 14.2 Å². The van der Waals surface area contributed by atoms with Crippen molar-refractivity contribution < 1.29 is 9.47 Å². The fourth-order valence-electron chi connectivity index (χ4n) is 2.44. The molecule has 0 amide bonds. The molecule has 1 aliphatic carbocycles. The van der Waals surface area contributed by atoms with Crippen molar-refractivity contribution in [3.63, 3.8) is 0 Å². The van der Waals surface area contributed by atoms with Gasteiger partial charge in [0.1, 0.15) is 6.33 Å². The third kappa shape index (κ3) is 3.10. The summed E-state index contributed by atoms with van der Waals surface area (Å²) in [6, 6.07) is 0.591. The summed E-state index contributed by atoms with van der Waals surface area (Å²) < 4.78 is 10.5. The van der Waals surface area contributed by atoms with Crippen molar-refractivity contribution >= 4 is 0 Å². The zero-order valence-corrected chi connectivity index (χ0v) is 11.1. The molecule has 1 fully saturated rings. The topological polar surface area (TPSA) is 56.3 Å². The average molecular weight is 251 g/mol. The molecule has 1 heterocycles. The predicted molar refractivity (Wildman–Crippen MR) is 68.8 cm³/mol. The van der Waals surface area contributed by atoms with Gasteiger partial charge >= 0.3 is 0 Å². The second-order valence-electron chi connectivity index (χ2n) is 4.59. The Morgan fingerprint density at radius 1 is 1.11 bits per heavy atom. The van der Waals surface area contributed by atoms with Crippen LogP contribution >= 0.6 is 0 Å². The first-order chi connectivity index (χ1) is 8.85. The van der Waals surface area contributed by atoms with Crippen LogP contribution in [0.2, 0.25) is 0 Å². The molecule has 0 unspecified atom stereocenters. The lowest BCUT2D eigenvalue weighted by molar-refractivity contribution is 0.342. The monoisotopic (exact) mass is 251 g/mol. The molecule has 0 aromatic carbocycles. The number of hydrogen-bond acceptors (Lipinski definition) is 5. The molecule has 5 nitrogen and oxygen atoms in total. The Bertz CT molecular complexity index is 356. The van der Waals surface area contributed by atoms with Crippen molar-refractivity contribution in [2.45, 2.75) is 44.7 Å². The van der Waals surface area contributed by atoms with E-state index in [-0.39, 0.29) is 0 Å². The third-order valence-corrected chi connectivity index (χ3v) is 3.43. The van der Waals surface area contributed by atoms with Crippen LogP contribution in [0.25, 0.3) is 0 Å². The van der Waals surface area contributed by atoms with Crippen LogP contribution in [-0.4, -0.2) is 30.2 Å². The number of nitrogens with zero attached hydrogens (tertiary/aromatic N) is 2. The first-order valence-corrected chi connectivity index (χ1v) is 6.50. The highest BCUT2D eigenvalue weighted by Crippen LogP contribution is 2.24. The number of nitrogens with one attached hydrogen (secondary N) is 1. The highest BCUT2D eigenvalue weighted by Gasteiger charge is 2.17. The van der Waals surface area contributed by atoms with E-state index >= 15 is 0 Å². The van der Waals surface area contributed by atoms with E-state index in [0.29, 0.717) is 24.3 Å². The van der Waals surface area contributed by atoms with Gasteiger partial charge in [0.25, 0.3) is 0 Å². The molecule has 0 spiro atoms. The smallest absolute Gasteiger partial charge is 0.224 e. The fourth-order valence-corrected chi connectivity index (χ4v) is 2.44. The maximum Gasteiger partial charge on any atom is 0.224 e. The Morgan fingerprint density at radius 2 is 1.72 bits per heavy atom. The Hall–Kier alpha value is -1.36. The number of ether oxygens (including phenoxy) is 2. The number of aromatic nitrogens is 2. The maximum absolute atomic E-state index is 5.26. The largest absolute Gasteiger partial charge is 0.481 e. The van der Waals surface area contributed by atoms with Crippen LogP contribution in [0.4, 0.5) is 0 Å². The van der Waals surface area contributed by atoms with Crippen molar-refractivity contribution in [1.82, 2.24) is 15.3 Å². The van der Waals surface area contributed by atoms with E-state index in [0.717, 1.165) is 5.56 Å². The first-order valence-electron chi connectivity index (χ1n) is 6.50. The highest BCUT2D eigenvalue weighted by atomic mass is 16.5. The van der Waals surface area contributed by atoms with Gasteiger partial charge in [0.05, 0.1) is 19.8 Å². The number of hydrogen-bond donors (Lipinski definition) is 1.